The molecule has 0 fully saturated rings. The molecule has 5 rings (SSSR count). The number of carbonyl (C=O) groups is 1. The largest absolute Gasteiger partial charge is 0.497 e. The van der Waals surface area contributed by atoms with Crippen molar-refractivity contribution in [2.75, 3.05) is 12.4 Å². The van der Waals surface area contributed by atoms with Gasteiger partial charge in [-0.15, -0.1) is 0 Å². The van der Waals surface area contributed by atoms with Crippen molar-refractivity contribution in [3.8, 4) is 5.75 Å². The lowest BCUT2D eigenvalue weighted by molar-refractivity contribution is -0.116. The quantitative estimate of drug-likeness (QED) is 0.623. The molecule has 1 aliphatic heterocycles. The van der Waals surface area contributed by atoms with E-state index in [1.807, 2.05) is 12.1 Å². The fraction of sp³-hybridized carbons (Fsp3) is 0.240. The molecule has 28 heavy (non-hydrogen) atoms. The molecule has 3 nitrogen and oxygen atoms in total. The molecule has 3 aromatic rings. The first kappa shape index (κ1) is 17.1. The number of methoxy groups -OCH3 is 1. The van der Waals surface area contributed by atoms with E-state index in [2.05, 4.69) is 60.8 Å². The molecule has 3 aromatic carbocycles. The van der Waals surface area contributed by atoms with Crippen LogP contribution >= 0.6 is 0 Å². The first-order chi connectivity index (χ1) is 13.7. The van der Waals surface area contributed by atoms with Gasteiger partial charge in [0.2, 0.25) is 0 Å². The summed E-state index contributed by atoms with van der Waals surface area (Å²) >= 11 is 0. The Bertz CT molecular complexity index is 1110. The molecule has 0 unspecified atom stereocenters. The number of anilines is 1. The molecule has 0 aromatic heterocycles. The van der Waals surface area contributed by atoms with E-state index in [9.17, 15) is 4.79 Å². The molecule has 0 amide bonds. The van der Waals surface area contributed by atoms with Crippen LogP contribution in [0.3, 0.4) is 0 Å². The molecule has 1 heterocycles. The van der Waals surface area contributed by atoms with Gasteiger partial charge in [0, 0.05) is 23.2 Å². The van der Waals surface area contributed by atoms with Crippen molar-refractivity contribution in [2.45, 2.75) is 25.8 Å². The predicted molar refractivity (Wildman–Crippen MR) is 114 cm³/mol. The van der Waals surface area contributed by atoms with Crippen molar-refractivity contribution in [3.63, 3.8) is 0 Å². The van der Waals surface area contributed by atoms with Gasteiger partial charge in [0.15, 0.2) is 5.78 Å². The van der Waals surface area contributed by atoms with Gasteiger partial charge in [-0.25, -0.2) is 0 Å². The first-order valence-corrected chi connectivity index (χ1v) is 9.84. The Hall–Kier alpha value is -3.07. The van der Waals surface area contributed by atoms with Crippen LogP contribution in [0.4, 0.5) is 5.69 Å². The molecule has 2 aliphatic rings. The summed E-state index contributed by atoms with van der Waals surface area (Å²) in [7, 11) is 1.67. The molecule has 0 bridgehead atoms. The van der Waals surface area contributed by atoms with Crippen LogP contribution in [0.15, 0.2) is 66.2 Å². The van der Waals surface area contributed by atoms with Gasteiger partial charge in [-0.2, -0.15) is 0 Å². The lowest BCUT2D eigenvalue weighted by Gasteiger charge is -2.36. The number of fused-ring (bicyclic) bond motifs is 4. The maximum Gasteiger partial charge on any atom is 0.161 e. The molecular formula is C25H23NO2. The van der Waals surface area contributed by atoms with Gasteiger partial charge in [0.1, 0.15) is 5.75 Å². The lowest BCUT2D eigenvalue weighted by Crippen LogP contribution is -2.29. The topological polar surface area (TPSA) is 38.3 Å². The maximum absolute atomic E-state index is 13.2. The van der Waals surface area contributed by atoms with E-state index < -0.39 is 0 Å². The average molecular weight is 369 g/mol. The first-order valence-electron chi connectivity index (χ1n) is 9.84. The Morgan fingerprint density at radius 3 is 2.54 bits per heavy atom. The standard InChI is InChI=1S/C25H23NO2/c1-15-13-20-23-19-6-4-3-5-16(19)9-12-21(23)26-25(24(20)22(27)14-15)17-7-10-18(28-2)11-8-17/h3-12,15,25-26H,13-14H2,1-2H3/t15-,25+/m0/s1. The van der Waals surface area contributed by atoms with Gasteiger partial charge in [0.05, 0.1) is 13.2 Å². The Labute approximate surface area is 165 Å². The van der Waals surface area contributed by atoms with Crippen LogP contribution in [0.25, 0.3) is 16.3 Å². The number of Topliss-reactive ketones (excluding diaryl/α,β-unsaturated/α-hetero) is 1. The molecule has 1 aliphatic carbocycles. The minimum absolute atomic E-state index is 0.116. The second-order valence-electron chi connectivity index (χ2n) is 7.89. The van der Waals surface area contributed by atoms with Gasteiger partial charge in [-0.3, -0.25) is 4.79 Å². The van der Waals surface area contributed by atoms with Gasteiger partial charge in [0.25, 0.3) is 0 Å². The van der Waals surface area contributed by atoms with Crippen LogP contribution in [0.1, 0.15) is 36.9 Å². The molecule has 0 saturated carbocycles. The molecule has 3 heteroatoms. The van der Waals surface area contributed by atoms with Crippen molar-refractivity contribution in [1.29, 1.82) is 0 Å². The molecule has 0 radical (unpaired) electrons. The van der Waals surface area contributed by atoms with E-state index in [-0.39, 0.29) is 11.8 Å². The monoisotopic (exact) mass is 369 g/mol. The third-order valence-corrected chi connectivity index (χ3v) is 5.98. The Kier molecular flexibility index (Phi) is 3.97. The lowest BCUT2D eigenvalue weighted by atomic mass is 9.74. The fourth-order valence-electron chi connectivity index (χ4n) is 4.69. The van der Waals surface area contributed by atoms with E-state index in [1.165, 1.54) is 21.9 Å². The normalized spacial score (nSPS) is 21.1. The summed E-state index contributed by atoms with van der Waals surface area (Å²) in [4.78, 5) is 13.2. The van der Waals surface area contributed by atoms with Crippen LogP contribution in [-0.4, -0.2) is 12.9 Å². The molecule has 0 spiro atoms. The Morgan fingerprint density at radius 2 is 1.75 bits per heavy atom. The summed E-state index contributed by atoms with van der Waals surface area (Å²) in [5.74, 6) is 1.46. The van der Waals surface area contributed by atoms with Gasteiger partial charge < -0.3 is 10.1 Å². The minimum Gasteiger partial charge on any atom is -0.497 e. The number of benzene rings is 3. The molecule has 0 saturated heterocycles. The number of nitrogens with one attached hydrogen (secondary N) is 1. The summed E-state index contributed by atoms with van der Waals surface area (Å²) in [5, 5.41) is 6.10. The number of hydrogen-bond acceptors (Lipinski definition) is 3. The summed E-state index contributed by atoms with van der Waals surface area (Å²) in [5.41, 5.74) is 5.56. The fourth-order valence-corrected chi connectivity index (χ4v) is 4.69. The minimum atomic E-state index is -0.116. The van der Waals surface area contributed by atoms with Gasteiger partial charge in [-0.1, -0.05) is 49.4 Å². The van der Waals surface area contributed by atoms with Crippen LogP contribution < -0.4 is 10.1 Å². The Morgan fingerprint density at radius 1 is 0.964 bits per heavy atom. The number of carbonyl (C=O) groups excluding carboxylic acids is 1. The van der Waals surface area contributed by atoms with Gasteiger partial charge >= 0.3 is 0 Å². The smallest absolute Gasteiger partial charge is 0.161 e. The zero-order valence-electron chi connectivity index (χ0n) is 16.2. The number of hydrogen-bond donors (Lipinski definition) is 1. The summed E-state index contributed by atoms with van der Waals surface area (Å²) in [6.45, 7) is 2.18. The zero-order chi connectivity index (χ0) is 19.3. The second kappa shape index (κ2) is 6.52. The third-order valence-electron chi connectivity index (χ3n) is 5.98. The zero-order valence-corrected chi connectivity index (χ0v) is 16.2. The van der Waals surface area contributed by atoms with E-state index in [0.29, 0.717) is 12.3 Å². The van der Waals surface area contributed by atoms with Crippen molar-refractivity contribution in [2.24, 2.45) is 5.92 Å². The van der Waals surface area contributed by atoms with Crippen molar-refractivity contribution >= 4 is 27.8 Å². The van der Waals surface area contributed by atoms with Crippen LogP contribution in [0, 0.1) is 5.92 Å². The van der Waals surface area contributed by atoms with E-state index in [0.717, 1.165) is 29.0 Å². The SMILES string of the molecule is COc1ccc([C@H]2Nc3ccc4ccccc4c3C3=C2C(=O)C[C@@H](C)C3)cc1. The van der Waals surface area contributed by atoms with E-state index in [1.54, 1.807) is 7.11 Å². The average Bonchev–Trinajstić information content (AvgIpc) is 2.72. The van der Waals surface area contributed by atoms with Crippen LogP contribution in [-0.2, 0) is 4.79 Å². The molecule has 2 atom stereocenters. The predicted octanol–water partition coefficient (Wildman–Crippen LogP) is 5.77. The number of rotatable bonds is 2. The highest BCUT2D eigenvalue weighted by Gasteiger charge is 2.36. The highest BCUT2D eigenvalue weighted by Crippen LogP contribution is 2.49. The molecule has 1 N–H and O–H groups in total. The highest BCUT2D eigenvalue weighted by molar-refractivity contribution is 6.12. The van der Waals surface area contributed by atoms with Crippen molar-refractivity contribution in [3.05, 3.63) is 77.4 Å². The van der Waals surface area contributed by atoms with Crippen LogP contribution in [0.2, 0.25) is 0 Å². The number of allylic oxidation sites excluding steroid dienone is 1. The van der Waals surface area contributed by atoms with E-state index >= 15 is 0 Å². The third kappa shape index (κ3) is 2.62. The summed E-state index contributed by atoms with van der Waals surface area (Å²) < 4.78 is 5.30. The molecule has 140 valence electrons. The Balaban J connectivity index is 1.74. The number of ketones is 1. The summed E-state index contributed by atoms with van der Waals surface area (Å²) in [6.07, 6.45) is 1.56. The highest BCUT2D eigenvalue weighted by atomic mass is 16.5. The molecular weight excluding hydrogens is 346 g/mol. The van der Waals surface area contributed by atoms with Crippen LogP contribution in [0.5, 0.6) is 5.75 Å². The van der Waals surface area contributed by atoms with Crippen molar-refractivity contribution < 1.29 is 9.53 Å². The second-order valence-corrected chi connectivity index (χ2v) is 7.89. The van der Waals surface area contributed by atoms with Gasteiger partial charge in [-0.05, 0) is 52.4 Å². The summed E-state index contributed by atoms with van der Waals surface area (Å²) in [6, 6.07) is 20.7. The maximum atomic E-state index is 13.2. The van der Waals surface area contributed by atoms with E-state index in [4.69, 9.17) is 4.74 Å². The van der Waals surface area contributed by atoms with Crippen molar-refractivity contribution in [1.82, 2.24) is 0 Å². The number of ether oxygens (including phenoxy) is 1.